The summed E-state index contributed by atoms with van der Waals surface area (Å²) in [5.41, 5.74) is 1.15. The van der Waals surface area contributed by atoms with E-state index >= 15 is 0 Å². The average molecular weight is 415 g/mol. The molecular formula is C24H31FN2O3. The first-order valence-electron chi connectivity index (χ1n) is 10.1. The highest BCUT2D eigenvalue weighted by Gasteiger charge is 2.30. The maximum Gasteiger partial charge on any atom is 0.243 e. The summed E-state index contributed by atoms with van der Waals surface area (Å²) in [4.78, 5) is 27.8. The first-order chi connectivity index (χ1) is 14.1. The molecule has 0 fully saturated rings. The number of amides is 2. The molecule has 0 saturated heterocycles. The summed E-state index contributed by atoms with van der Waals surface area (Å²) in [6, 6.07) is 12.7. The van der Waals surface area contributed by atoms with Gasteiger partial charge >= 0.3 is 0 Å². The Bertz CT molecular complexity index is 859. The van der Waals surface area contributed by atoms with Crippen molar-refractivity contribution < 1.29 is 18.7 Å². The standard InChI is InChI=1S/C24H31FN2O3/c1-6-21(23(29)26-24(2,3)4)27(16-18-8-7-9-20(14-18)30-5)22(28)15-17-10-12-19(25)13-11-17/h7-14,21H,6,15-16H2,1-5H3,(H,26,29). The lowest BCUT2D eigenvalue weighted by molar-refractivity contribution is -0.141. The van der Waals surface area contributed by atoms with E-state index in [1.54, 1.807) is 24.1 Å². The molecule has 2 rings (SSSR count). The number of hydrogen-bond donors (Lipinski definition) is 1. The summed E-state index contributed by atoms with van der Waals surface area (Å²) < 4.78 is 18.5. The SMILES string of the molecule is CCC(C(=O)NC(C)(C)C)N(Cc1cccc(OC)c1)C(=O)Cc1ccc(F)cc1. The van der Waals surface area contributed by atoms with Crippen molar-refractivity contribution in [1.29, 1.82) is 0 Å². The summed E-state index contributed by atoms with van der Waals surface area (Å²) in [5, 5.41) is 2.98. The van der Waals surface area contributed by atoms with Crippen molar-refractivity contribution in [3.05, 3.63) is 65.5 Å². The van der Waals surface area contributed by atoms with Crippen molar-refractivity contribution in [2.24, 2.45) is 0 Å². The fourth-order valence-electron chi connectivity index (χ4n) is 3.22. The highest BCUT2D eigenvalue weighted by Crippen LogP contribution is 2.19. The molecule has 0 saturated carbocycles. The zero-order chi connectivity index (χ0) is 22.3. The minimum atomic E-state index is -0.622. The van der Waals surface area contributed by atoms with Gasteiger partial charge in [0, 0.05) is 12.1 Å². The lowest BCUT2D eigenvalue weighted by Gasteiger charge is -2.33. The molecule has 0 aliphatic carbocycles. The number of carbonyl (C=O) groups excluding carboxylic acids is 2. The molecule has 6 heteroatoms. The van der Waals surface area contributed by atoms with Crippen LogP contribution in [0.4, 0.5) is 4.39 Å². The molecule has 0 spiro atoms. The van der Waals surface area contributed by atoms with Crippen LogP contribution in [0.1, 0.15) is 45.2 Å². The van der Waals surface area contributed by atoms with Crippen molar-refractivity contribution in [2.75, 3.05) is 7.11 Å². The topological polar surface area (TPSA) is 58.6 Å². The first kappa shape index (κ1) is 23.4. The van der Waals surface area contributed by atoms with E-state index in [2.05, 4.69) is 5.32 Å². The fourth-order valence-corrected chi connectivity index (χ4v) is 3.22. The van der Waals surface area contributed by atoms with Crippen LogP contribution in [-0.2, 0) is 22.6 Å². The molecule has 0 bridgehead atoms. The molecule has 5 nitrogen and oxygen atoms in total. The van der Waals surface area contributed by atoms with Crippen LogP contribution in [0.15, 0.2) is 48.5 Å². The van der Waals surface area contributed by atoms with E-state index in [1.807, 2.05) is 52.0 Å². The molecule has 162 valence electrons. The Hall–Kier alpha value is -2.89. The summed E-state index contributed by atoms with van der Waals surface area (Å²) in [6.07, 6.45) is 0.560. The highest BCUT2D eigenvalue weighted by molar-refractivity contribution is 5.88. The highest BCUT2D eigenvalue weighted by atomic mass is 19.1. The molecule has 2 aromatic carbocycles. The molecule has 0 heterocycles. The Morgan fingerprint density at radius 2 is 1.77 bits per heavy atom. The van der Waals surface area contributed by atoms with Crippen molar-refractivity contribution in [3.8, 4) is 5.75 Å². The van der Waals surface area contributed by atoms with Gasteiger partial charge in [-0.15, -0.1) is 0 Å². The van der Waals surface area contributed by atoms with Crippen molar-refractivity contribution in [2.45, 2.75) is 58.7 Å². The van der Waals surface area contributed by atoms with Gasteiger partial charge in [-0.05, 0) is 62.6 Å². The van der Waals surface area contributed by atoms with E-state index in [4.69, 9.17) is 4.74 Å². The van der Waals surface area contributed by atoms with Crippen LogP contribution in [0.2, 0.25) is 0 Å². The van der Waals surface area contributed by atoms with Gasteiger partial charge < -0.3 is 15.0 Å². The molecule has 0 aliphatic heterocycles. The predicted molar refractivity (Wildman–Crippen MR) is 116 cm³/mol. The Labute approximate surface area is 178 Å². The number of benzene rings is 2. The van der Waals surface area contributed by atoms with Gasteiger partial charge in [0.2, 0.25) is 11.8 Å². The number of carbonyl (C=O) groups is 2. The number of ether oxygens (including phenoxy) is 1. The summed E-state index contributed by atoms with van der Waals surface area (Å²) in [6.45, 7) is 7.88. The Kier molecular flexibility index (Phi) is 7.98. The third-order valence-corrected chi connectivity index (χ3v) is 4.64. The summed E-state index contributed by atoms with van der Waals surface area (Å²) in [7, 11) is 1.59. The minimum absolute atomic E-state index is 0.0869. The smallest absolute Gasteiger partial charge is 0.243 e. The van der Waals surface area contributed by atoms with Crippen LogP contribution in [0.5, 0.6) is 5.75 Å². The van der Waals surface area contributed by atoms with Gasteiger partial charge in [-0.3, -0.25) is 9.59 Å². The number of methoxy groups -OCH3 is 1. The average Bonchev–Trinajstić information content (AvgIpc) is 2.68. The van der Waals surface area contributed by atoms with Crippen LogP contribution < -0.4 is 10.1 Å². The van der Waals surface area contributed by atoms with Crippen molar-refractivity contribution >= 4 is 11.8 Å². The third-order valence-electron chi connectivity index (χ3n) is 4.64. The molecule has 2 aromatic rings. The number of nitrogens with zero attached hydrogens (tertiary/aromatic N) is 1. The zero-order valence-electron chi connectivity index (χ0n) is 18.4. The quantitative estimate of drug-likeness (QED) is 0.708. The normalized spacial score (nSPS) is 12.2. The zero-order valence-corrected chi connectivity index (χ0v) is 18.4. The molecule has 1 unspecified atom stereocenters. The van der Waals surface area contributed by atoms with E-state index in [0.29, 0.717) is 17.7 Å². The van der Waals surface area contributed by atoms with E-state index in [-0.39, 0.29) is 30.6 Å². The molecule has 0 aromatic heterocycles. The predicted octanol–water partition coefficient (Wildman–Crippen LogP) is 4.10. The maximum absolute atomic E-state index is 13.2. The van der Waals surface area contributed by atoms with Gasteiger partial charge in [-0.2, -0.15) is 0 Å². The molecule has 2 amide bonds. The lowest BCUT2D eigenvalue weighted by atomic mass is 10.0. The first-order valence-corrected chi connectivity index (χ1v) is 10.1. The van der Waals surface area contributed by atoms with Gasteiger partial charge in [0.25, 0.3) is 0 Å². The van der Waals surface area contributed by atoms with Gasteiger partial charge in [0.05, 0.1) is 13.5 Å². The van der Waals surface area contributed by atoms with Gasteiger partial charge in [0.15, 0.2) is 0 Å². The van der Waals surface area contributed by atoms with Crippen molar-refractivity contribution in [1.82, 2.24) is 10.2 Å². The molecular weight excluding hydrogens is 383 g/mol. The monoisotopic (exact) mass is 414 g/mol. The Balaban J connectivity index is 2.32. The van der Waals surface area contributed by atoms with Crippen LogP contribution in [-0.4, -0.2) is 35.4 Å². The molecule has 1 atom stereocenters. The second kappa shape index (κ2) is 10.2. The largest absolute Gasteiger partial charge is 0.497 e. The molecule has 1 N–H and O–H groups in total. The van der Waals surface area contributed by atoms with E-state index in [9.17, 15) is 14.0 Å². The molecule has 0 aliphatic rings. The number of rotatable bonds is 8. The maximum atomic E-state index is 13.2. The van der Waals surface area contributed by atoms with Gasteiger partial charge in [-0.25, -0.2) is 4.39 Å². The Morgan fingerprint density at radius 1 is 1.10 bits per heavy atom. The van der Waals surface area contributed by atoms with Gasteiger partial charge in [0.1, 0.15) is 17.6 Å². The van der Waals surface area contributed by atoms with Gasteiger partial charge in [-0.1, -0.05) is 31.2 Å². The molecule has 30 heavy (non-hydrogen) atoms. The second-order valence-electron chi connectivity index (χ2n) is 8.34. The number of hydrogen-bond acceptors (Lipinski definition) is 3. The third kappa shape index (κ3) is 6.87. The van der Waals surface area contributed by atoms with Crippen LogP contribution in [0.3, 0.4) is 0 Å². The van der Waals surface area contributed by atoms with Crippen LogP contribution >= 0.6 is 0 Å². The number of halogens is 1. The van der Waals surface area contributed by atoms with Crippen molar-refractivity contribution in [3.63, 3.8) is 0 Å². The van der Waals surface area contributed by atoms with E-state index in [0.717, 1.165) is 5.56 Å². The van der Waals surface area contributed by atoms with E-state index in [1.165, 1.54) is 12.1 Å². The summed E-state index contributed by atoms with van der Waals surface area (Å²) >= 11 is 0. The Morgan fingerprint density at radius 3 is 2.33 bits per heavy atom. The second-order valence-corrected chi connectivity index (χ2v) is 8.34. The minimum Gasteiger partial charge on any atom is -0.497 e. The number of nitrogens with one attached hydrogen (secondary N) is 1. The molecule has 0 radical (unpaired) electrons. The van der Waals surface area contributed by atoms with Crippen LogP contribution in [0.25, 0.3) is 0 Å². The van der Waals surface area contributed by atoms with E-state index < -0.39 is 11.6 Å². The fraction of sp³-hybridized carbons (Fsp3) is 0.417. The lowest BCUT2D eigenvalue weighted by Crippen LogP contribution is -2.53. The van der Waals surface area contributed by atoms with Crippen LogP contribution in [0, 0.1) is 5.82 Å². The summed E-state index contributed by atoms with van der Waals surface area (Å²) in [5.74, 6) is -0.0539.